The van der Waals surface area contributed by atoms with E-state index >= 15 is 0 Å². The third kappa shape index (κ3) is 1.79. The summed E-state index contributed by atoms with van der Waals surface area (Å²) in [5.74, 6) is 1.21. The molecule has 6 rings (SSSR count). The van der Waals surface area contributed by atoms with Gasteiger partial charge in [0.25, 0.3) is 0 Å². The van der Waals surface area contributed by atoms with Crippen molar-refractivity contribution in [2.24, 2.45) is 5.92 Å². The van der Waals surface area contributed by atoms with E-state index in [4.69, 9.17) is 0 Å². The Morgan fingerprint density at radius 2 is 1.36 bits per heavy atom. The lowest BCUT2D eigenvalue weighted by molar-refractivity contribution is 0.321. The van der Waals surface area contributed by atoms with E-state index in [2.05, 4.69) is 77.7 Å². The van der Waals surface area contributed by atoms with Gasteiger partial charge in [-0.25, -0.2) is 0 Å². The Labute approximate surface area is 148 Å². The number of anilines is 1. The van der Waals surface area contributed by atoms with Crippen LogP contribution >= 0.6 is 0 Å². The number of rotatable bonds is 0. The second-order valence-electron chi connectivity index (χ2n) is 7.71. The van der Waals surface area contributed by atoms with Crippen LogP contribution in [-0.2, 0) is 13.0 Å². The number of aryl methyl sites for hydroxylation is 1. The molecule has 0 N–H and O–H groups in total. The van der Waals surface area contributed by atoms with Crippen LogP contribution in [0.3, 0.4) is 0 Å². The van der Waals surface area contributed by atoms with Crippen molar-refractivity contribution in [2.45, 2.75) is 31.3 Å². The zero-order valence-electron chi connectivity index (χ0n) is 14.2. The SMILES string of the molecule is c1ccc2c(c1)CC[C@@H]1[C@H]2c2ccccc2N2Cc3ccccc3[C@@H]12. The van der Waals surface area contributed by atoms with Crippen LogP contribution in [0.5, 0.6) is 0 Å². The molecular weight excluding hydrogens is 302 g/mol. The molecule has 2 aliphatic heterocycles. The highest BCUT2D eigenvalue weighted by atomic mass is 15.2. The van der Waals surface area contributed by atoms with Crippen molar-refractivity contribution in [2.75, 3.05) is 4.90 Å². The second kappa shape index (κ2) is 4.98. The van der Waals surface area contributed by atoms with Crippen molar-refractivity contribution in [1.82, 2.24) is 0 Å². The van der Waals surface area contributed by atoms with Gasteiger partial charge >= 0.3 is 0 Å². The lowest BCUT2D eigenvalue weighted by Gasteiger charge is -2.47. The van der Waals surface area contributed by atoms with Crippen LogP contribution in [-0.4, -0.2) is 0 Å². The van der Waals surface area contributed by atoms with Gasteiger partial charge in [0.15, 0.2) is 0 Å². The van der Waals surface area contributed by atoms with Gasteiger partial charge in [-0.1, -0.05) is 66.7 Å². The largest absolute Gasteiger partial charge is 0.360 e. The molecule has 1 heteroatoms. The highest BCUT2D eigenvalue weighted by Crippen LogP contribution is 2.57. The summed E-state index contributed by atoms with van der Waals surface area (Å²) in [6, 6.07) is 27.9. The van der Waals surface area contributed by atoms with Gasteiger partial charge in [0.1, 0.15) is 0 Å². The molecule has 0 aromatic heterocycles. The van der Waals surface area contributed by atoms with Crippen LogP contribution in [0.25, 0.3) is 0 Å². The highest BCUT2D eigenvalue weighted by molar-refractivity contribution is 5.66. The molecule has 1 aliphatic carbocycles. The normalized spacial score (nSPS) is 25.4. The van der Waals surface area contributed by atoms with E-state index in [0.717, 1.165) is 6.54 Å². The fourth-order valence-electron chi connectivity index (χ4n) is 5.65. The van der Waals surface area contributed by atoms with Gasteiger partial charge in [0.05, 0.1) is 6.04 Å². The van der Waals surface area contributed by atoms with Gasteiger partial charge in [-0.15, -0.1) is 0 Å². The second-order valence-corrected chi connectivity index (χ2v) is 7.71. The van der Waals surface area contributed by atoms with Crippen LogP contribution in [0.1, 0.15) is 46.2 Å². The van der Waals surface area contributed by atoms with Crippen LogP contribution in [0, 0.1) is 5.92 Å². The average molecular weight is 323 g/mol. The number of para-hydroxylation sites is 1. The molecule has 0 spiro atoms. The van der Waals surface area contributed by atoms with Gasteiger partial charge in [0.2, 0.25) is 0 Å². The van der Waals surface area contributed by atoms with Crippen LogP contribution < -0.4 is 4.90 Å². The molecule has 25 heavy (non-hydrogen) atoms. The molecule has 122 valence electrons. The molecule has 3 aromatic carbocycles. The first kappa shape index (κ1) is 13.7. The number of hydrogen-bond acceptors (Lipinski definition) is 1. The summed E-state index contributed by atoms with van der Waals surface area (Å²) >= 11 is 0. The van der Waals surface area contributed by atoms with E-state index < -0.39 is 0 Å². The first-order valence-electron chi connectivity index (χ1n) is 9.43. The summed E-state index contributed by atoms with van der Waals surface area (Å²) in [5.41, 5.74) is 9.17. The fraction of sp³-hybridized carbons (Fsp3) is 0.250. The number of fused-ring (bicyclic) bond motifs is 10. The topological polar surface area (TPSA) is 3.24 Å². The van der Waals surface area contributed by atoms with Gasteiger partial charge in [-0.05, 0) is 52.6 Å². The molecule has 0 unspecified atom stereocenters. The van der Waals surface area contributed by atoms with E-state index in [1.54, 1.807) is 16.7 Å². The Morgan fingerprint density at radius 1 is 0.680 bits per heavy atom. The van der Waals surface area contributed by atoms with Crippen molar-refractivity contribution < 1.29 is 0 Å². The predicted octanol–water partition coefficient (Wildman–Crippen LogP) is 5.46. The third-order valence-electron chi connectivity index (χ3n) is 6.60. The van der Waals surface area contributed by atoms with Crippen molar-refractivity contribution in [3.05, 3.63) is 101 Å². The minimum atomic E-state index is 0.532. The van der Waals surface area contributed by atoms with Crippen molar-refractivity contribution in [3.8, 4) is 0 Å². The summed E-state index contributed by atoms with van der Waals surface area (Å²) in [4.78, 5) is 2.68. The summed E-state index contributed by atoms with van der Waals surface area (Å²) in [6.45, 7) is 1.06. The maximum Gasteiger partial charge on any atom is 0.0587 e. The van der Waals surface area contributed by atoms with E-state index in [-0.39, 0.29) is 0 Å². The summed E-state index contributed by atoms with van der Waals surface area (Å²) in [5, 5.41) is 0. The maximum atomic E-state index is 2.68. The lowest BCUT2D eigenvalue weighted by atomic mass is 9.65. The Balaban J connectivity index is 1.62. The first-order chi connectivity index (χ1) is 12.4. The van der Waals surface area contributed by atoms with Gasteiger partial charge in [-0.3, -0.25) is 0 Å². The van der Waals surface area contributed by atoms with Gasteiger partial charge in [0, 0.05) is 18.2 Å². The number of nitrogens with zero attached hydrogens (tertiary/aromatic N) is 1. The van der Waals surface area contributed by atoms with Crippen LogP contribution in [0.2, 0.25) is 0 Å². The molecule has 2 heterocycles. The van der Waals surface area contributed by atoms with Gasteiger partial charge < -0.3 is 4.90 Å². The number of benzene rings is 3. The Kier molecular flexibility index (Phi) is 2.73. The van der Waals surface area contributed by atoms with Crippen LogP contribution in [0.4, 0.5) is 5.69 Å². The molecule has 0 saturated heterocycles. The zero-order chi connectivity index (χ0) is 16.4. The van der Waals surface area contributed by atoms with Crippen LogP contribution in [0.15, 0.2) is 72.8 Å². The summed E-state index contributed by atoms with van der Waals surface area (Å²) < 4.78 is 0. The highest BCUT2D eigenvalue weighted by Gasteiger charge is 2.47. The van der Waals surface area contributed by atoms with Crippen molar-refractivity contribution >= 4 is 5.69 Å². The molecule has 0 saturated carbocycles. The minimum Gasteiger partial charge on any atom is -0.360 e. The smallest absolute Gasteiger partial charge is 0.0587 e. The monoisotopic (exact) mass is 323 g/mol. The lowest BCUT2D eigenvalue weighted by Crippen LogP contribution is -2.39. The Morgan fingerprint density at radius 3 is 2.24 bits per heavy atom. The zero-order valence-corrected chi connectivity index (χ0v) is 14.2. The summed E-state index contributed by atoms with van der Waals surface area (Å²) in [6.07, 6.45) is 2.50. The molecule has 3 aliphatic rings. The maximum absolute atomic E-state index is 2.68. The molecule has 0 radical (unpaired) electrons. The standard InChI is InChI=1S/C24H21N/c1-3-9-18-16(7-1)13-14-21-23(18)20-11-5-6-12-22(20)25-15-17-8-2-4-10-19(17)24(21)25/h1-12,21,23-24H,13-15H2/t21-,23-,24+/m1/s1. The number of hydrogen-bond donors (Lipinski definition) is 0. The Hall–Kier alpha value is -2.54. The summed E-state index contributed by atoms with van der Waals surface area (Å²) in [7, 11) is 0. The van der Waals surface area contributed by atoms with Crippen molar-refractivity contribution in [3.63, 3.8) is 0 Å². The first-order valence-corrected chi connectivity index (χ1v) is 9.43. The fourth-order valence-corrected chi connectivity index (χ4v) is 5.65. The molecule has 0 bridgehead atoms. The molecule has 3 atom stereocenters. The van der Waals surface area contributed by atoms with E-state index in [1.807, 2.05) is 0 Å². The van der Waals surface area contributed by atoms with E-state index in [9.17, 15) is 0 Å². The molecule has 0 fully saturated rings. The predicted molar refractivity (Wildman–Crippen MR) is 102 cm³/mol. The quantitative estimate of drug-likeness (QED) is 0.531. The molecular formula is C24H21N. The molecule has 1 nitrogen and oxygen atoms in total. The van der Waals surface area contributed by atoms with Crippen molar-refractivity contribution in [1.29, 1.82) is 0 Å². The van der Waals surface area contributed by atoms with E-state index in [0.29, 0.717) is 17.9 Å². The minimum absolute atomic E-state index is 0.532. The van der Waals surface area contributed by atoms with E-state index in [1.165, 1.54) is 29.7 Å². The molecule has 0 amide bonds. The molecule has 3 aromatic rings. The average Bonchev–Trinajstić information content (AvgIpc) is 3.07. The third-order valence-corrected chi connectivity index (χ3v) is 6.60. The van der Waals surface area contributed by atoms with Gasteiger partial charge in [-0.2, -0.15) is 0 Å². The Bertz CT molecular complexity index is 973.